The standard InChI is InChI=1S/C16H18O2/c17-16(15-11-13-6-7-14(15)10-13)18-9-8-12-4-2-1-3-5-12/h1-7,13-15H,8-11H2/t13-,14+,15+/m1/s1. The molecule has 2 heteroatoms. The second-order valence-electron chi connectivity index (χ2n) is 5.29. The Labute approximate surface area is 108 Å². The van der Waals surface area contributed by atoms with E-state index >= 15 is 0 Å². The van der Waals surface area contributed by atoms with Gasteiger partial charge in [-0.25, -0.2) is 0 Å². The third-order valence-corrected chi connectivity index (χ3v) is 4.06. The molecule has 0 amide bonds. The molecule has 0 aromatic heterocycles. The zero-order chi connectivity index (χ0) is 12.4. The molecular formula is C16H18O2. The van der Waals surface area contributed by atoms with Crippen LogP contribution in [0, 0.1) is 17.8 Å². The number of benzene rings is 1. The average molecular weight is 242 g/mol. The summed E-state index contributed by atoms with van der Waals surface area (Å²) in [5, 5.41) is 0. The molecule has 0 spiro atoms. The van der Waals surface area contributed by atoms with Gasteiger partial charge in [0, 0.05) is 6.42 Å². The predicted octanol–water partition coefficient (Wildman–Crippen LogP) is 2.98. The molecule has 1 aromatic rings. The first-order valence-electron chi connectivity index (χ1n) is 6.72. The van der Waals surface area contributed by atoms with E-state index in [2.05, 4.69) is 24.3 Å². The van der Waals surface area contributed by atoms with E-state index in [0.29, 0.717) is 18.4 Å². The predicted molar refractivity (Wildman–Crippen MR) is 69.9 cm³/mol. The lowest BCUT2D eigenvalue weighted by Gasteiger charge is -2.16. The highest BCUT2D eigenvalue weighted by atomic mass is 16.5. The summed E-state index contributed by atoms with van der Waals surface area (Å²) < 4.78 is 5.41. The monoisotopic (exact) mass is 242 g/mol. The number of fused-ring (bicyclic) bond motifs is 2. The van der Waals surface area contributed by atoms with Crippen LogP contribution < -0.4 is 0 Å². The van der Waals surface area contributed by atoms with Crippen molar-refractivity contribution in [2.75, 3.05) is 6.61 Å². The first-order valence-corrected chi connectivity index (χ1v) is 6.72. The molecule has 2 bridgehead atoms. The van der Waals surface area contributed by atoms with E-state index in [9.17, 15) is 4.79 Å². The minimum absolute atomic E-state index is 0.00258. The lowest BCUT2D eigenvalue weighted by atomic mass is 9.94. The molecule has 0 aliphatic heterocycles. The number of allylic oxidation sites excluding steroid dienone is 2. The van der Waals surface area contributed by atoms with E-state index in [1.807, 2.05) is 18.2 Å². The molecule has 0 radical (unpaired) electrons. The molecule has 94 valence electrons. The van der Waals surface area contributed by atoms with Gasteiger partial charge in [0.1, 0.15) is 0 Å². The zero-order valence-corrected chi connectivity index (χ0v) is 10.4. The summed E-state index contributed by atoms with van der Waals surface area (Å²) in [7, 11) is 0. The second-order valence-corrected chi connectivity index (χ2v) is 5.29. The third-order valence-electron chi connectivity index (χ3n) is 4.06. The molecule has 0 saturated heterocycles. The Kier molecular flexibility index (Phi) is 3.18. The SMILES string of the molecule is O=C(OCCc1ccccc1)[C@H]1C[C@@H]2C=C[C@H]1C2. The number of carbonyl (C=O) groups is 1. The molecule has 3 rings (SSSR count). The molecule has 1 fully saturated rings. The van der Waals surface area contributed by atoms with Crippen LogP contribution in [0.2, 0.25) is 0 Å². The van der Waals surface area contributed by atoms with Gasteiger partial charge < -0.3 is 4.74 Å². The fourth-order valence-corrected chi connectivity index (χ4v) is 3.07. The summed E-state index contributed by atoms with van der Waals surface area (Å²) in [6.45, 7) is 0.500. The van der Waals surface area contributed by atoms with Crippen molar-refractivity contribution in [3.05, 3.63) is 48.0 Å². The summed E-state index contributed by atoms with van der Waals surface area (Å²) in [6.07, 6.45) is 7.39. The Balaban J connectivity index is 1.46. The average Bonchev–Trinajstić information content (AvgIpc) is 3.02. The largest absolute Gasteiger partial charge is 0.465 e. The highest BCUT2D eigenvalue weighted by Crippen LogP contribution is 2.43. The van der Waals surface area contributed by atoms with Crippen LogP contribution in [0.4, 0.5) is 0 Å². The fraction of sp³-hybridized carbons (Fsp3) is 0.438. The summed E-state index contributed by atoms with van der Waals surface area (Å²) in [5.41, 5.74) is 1.22. The molecule has 0 unspecified atom stereocenters. The van der Waals surface area contributed by atoms with Gasteiger partial charge in [0.2, 0.25) is 0 Å². The van der Waals surface area contributed by atoms with Crippen molar-refractivity contribution in [3.8, 4) is 0 Å². The summed E-state index contributed by atoms with van der Waals surface area (Å²) >= 11 is 0. The number of hydrogen-bond donors (Lipinski definition) is 0. The maximum Gasteiger partial charge on any atom is 0.309 e. The number of ether oxygens (including phenoxy) is 1. The molecule has 2 aliphatic rings. The molecule has 2 aliphatic carbocycles. The van der Waals surface area contributed by atoms with Crippen LogP contribution >= 0.6 is 0 Å². The van der Waals surface area contributed by atoms with E-state index < -0.39 is 0 Å². The number of rotatable bonds is 4. The smallest absolute Gasteiger partial charge is 0.309 e. The summed E-state index contributed by atoms with van der Waals surface area (Å²) in [5.74, 6) is 1.19. The van der Waals surface area contributed by atoms with Gasteiger partial charge in [0.05, 0.1) is 12.5 Å². The molecule has 18 heavy (non-hydrogen) atoms. The van der Waals surface area contributed by atoms with Crippen molar-refractivity contribution >= 4 is 5.97 Å². The summed E-state index contributed by atoms with van der Waals surface area (Å²) in [6, 6.07) is 10.1. The minimum atomic E-state index is 0.00258. The van der Waals surface area contributed by atoms with E-state index in [-0.39, 0.29) is 11.9 Å². The molecule has 3 atom stereocenters. The number of esters is 1. The van der Waals surface area contributed by atoms with Crippen molar-refractivity contribution in [2.45, 2.75) is 19.3 Å². The maximum atomic E-state index is 12.0. The fourth-order valence-electron chi connectivity index (χ4n) is 3.07. The Hall–Kier alpha value is -1.57. The highest BCUT2D eigenvalue weighted by molar-refractivity contribution is 5.74. The lowest BCUT2D eigenvalue weighted by molar-refractivity contribution is -0.149. The van der Waals surface area contributed by atoms with Crippen LogP contribution in [0.15, 0.2) is 42.5 Å². The quantitative estimate of drug-likeness (QED) is 0.599. The van der Waals surface area contributed by atoms with Crippen LogP contribution in [0.1, 0.15) is 18.4 Å². The van der Waals surface area contributed by atoms with Gasteiger partial charge in [0.15, 0.2) is 0 Å². The lowest BCUT2D eigenvalue weighted by Crippen LogP contribution is -2.22. The maximum absolute atomic E-state index is 12.0. The second kappa shape index (κ2) is 4.97. The van der Waals surface area contributed by atoms with E-state index in [1.165, 1.54) is 5.56 Å². The van der Waals surface area contributed by atoms with Crippen molar-refractivity contribution in [3.63, 3.8) is 0 Å². The molecule has 2 nitrogen and oxygen atoms in total. The first kappa shape index (κ1) is 11.5. The van der Waals surface area contributed by atoms with Gasteiger partial charge in [-0.2, -0.15) is 0 Å². The molecule has 0 heterocycles. The number of hydrogen-bond acceptors (Lipinski definition) is 2. The van der Waals surface area contributed by atoms with Crippen molar-refractivity contribution < 1.29 is 9.53 Å². The van der Waals surface area contributed by atoms with Gasteiger partial charge in [-0.3, -0.25) is 4.79 Å². The van der Waals surface area contributed by atoms with Gasteiger partial charge in [0.25, 0.3) is 0 Å². The third kappa shape index (κ3) is 2.33. The number of carbonyl (C=O) groups excluding carboxylic acids is 1. The van der Waals surface area contributed by atoms with Crippen molar-refractivity contribution in [1.82, 2.24) is 0 Å². The normalized spacial score (nSPS) is 28.6. The highest BCUT2D eigenvalue weighted by Gasteiger charge is 2.40. The van der Waals surface area contributed by atoms with Crippen LogP contribution in [0.3, 0.4) is 0 Å². The summed E-state index contributed by atoms with van der Waals surface area (Å²) in [4.78, 5) is 12.0. The van der Waals surface area contributed by atoms with E-state index in [0.717, 1.165) is 19.3 Å². The Bertz CT molecular complexity index is 449. The van der Waals surface area contributed by atoms with E-state index in [4.69, 9.17) is 4.74 Å². The van der Waals surface area contributed by atoms with Crippen LogP contribution in [-0.2, 0) is 16.0 Å². The molecule has 0 N–H and O–H groups in total. The first-order chi connectivity index (χ1) is 8.83. The van der Waals surface area contributed by atoms with Crippen LogP contribution in [-0.4, -0.2) is 12.6 Å². The van der Waals surface area contributed by atoms with E-state index in [1.54, 1.807) is 0 Å². The van der Waals surface area contributed by atoms with Gasteiger partial charge >= 0.3 is 5.97 Å². The molecule has 1 aromatic carbocycles. The molecule has 1 saturated carbocycles. The Morgan fingerprint density at radius 1 is 1.17 bits per heavy atom. The van der Waals surface area contributed by atoms with Crippen molar-refractivity contribution in [1.29, 1.82) is 0 Å². The van der Waals surface area contributed by atoms with Crippen LogP contribution in [0.25, 0.3) is 0 Å². The van der Waals surface area contributed by atoms with Crippen LogP contribution in [0.5, 0.6) is 0 Å². The Morgan fingerprint density at radius 3 is 2.67 bits per heavy atom. The van der Waals surface area contributed by atoms with Gasteiger partial charge in [-0.1, -0.05) is 42.5 Å². The minimum Gasteiger partial charge on any atom is -0.465 e. The molecular weight excluding hydrogens is 224 g/mol. The zero-order valence-electron chi connectivity index (χ0n) is 10.4. The van der Waals surface area contributed by atoms with Gasteiger partial charge in [-0.15, -0.1) is 0 Å². The topological polar surface area (TPSA) is 26.3 Å². The van der Waals surface area contributed by atoms with Gasteiger partial charge in [-0.05, 0) is 30.2 Å². The van der Waals surface area contributed by atoms with Crippen molar-refractivity contribution in [2.24, 2.45) is 17.8 Å². The Morgan fingerprint density at radius 2 is 2.00 bits per heavy atom.